The molecule has 0 aliphatic heterocycles. The van der Waals surface area contributed by atoms with Gasteiger partial charge in [-0.05, 0) is 36.2 Å². The Bertz CT molecular complexity index is 1020. The Labute approximate surface area is 143 Å². The molecule has 25 heavy (non-hydrogen) atoms. The summed E-state index contributed by atoms with van der Waals surface area (Å²) in [5.41, 5.74) is 1.01. The van der Waals surface area contributed by atoms with Crippen molar-refractivity contribution in [2.24, 2.45) is 0 Å². The number of pyridine rings is 1. The largest absolute Gasteiger partial charge is 0.477 e. The van der Waals surface area contributed by atoms with Gasteiger partial charge in [0, 0.05) is 17.3 Å². The Morgan fingerprint density at radius 2 is 1.76 bits per heavy atom. The molecule has 0 spiro atoms. The number of nitrogens with one attached hydrogen (secondary N) is 1. The molecule has 6 heteroatoms. The van der Waals surface area contributed by atoms with E-state index in [-0.39, 0.29) is 5.39 Å². The zero-order valence-electron chi connectivity index (χ0n) is 13.5. The highest BCUT2D eigenvalue weighted by atomic mass is 16.4. The predicted molar refractivity (Wildman–Crippen MR) is 95.4 cm³/mol. The van der Waals surface area contributed by atoms with Gasteiger partial charge < -0.3 is 10.4 Å². The van der Waals surface area contributed by atoms with Gasteiger partial charge in [0.2, 0.25) is 5.43 Å². The Kier molecular flexibility index (Phi) is 4.35. The van der Waals surface area contributed by atoms with E-state index in [1.807, 2.05) is 19.1 Å². The fraction of sp³-hybridized carbons (Fsp3) is 0.105. The van der Waals surface area contributed by atoms with Crippen molar-refractivity contribution in [1.29, 1.82) is 0 Å². The summed E-state index contributed by atoms with van der Waals surface area (Å²) >= 11 is 0. The molecule has 0 unspecified atom stereocenters. The van der Waals surface area contributed by atoms with Crippen molar-refractivity contribution in [3.05, 3.63) is 76.1 Å². The van der Waals surface area contributed by atoms with Gasteiger partial charge in [0.1, 0.15) is 5.56 Å². The lowest BCUT2D eigenvalue weighted by Gasteiger charge is -2.12. The number of amides is 1. The highest BCUT2D eigenvalue weighted by molar-refractivity contribution is 6.00. The zero-order valence-corrected chi connectivity index (χ0v) is 13.5. The Morgan fingerprint density at radius 1 is 1.08 bits per heavy atom. The Morgan fingerprint density at radius 3 is 2.40 bits per heavy atom. The van der Waals surface area contributed by atoms with Crippen LogP contribution in [-0.4, -0.2) is 21.7 Å². The number of fused-ring (bicyclic) bond motifs is 1. The van der Waals surface area contributed by atoms with Gasteiger partial charge >= 0.3 is 12.0 Å². The highest BCUT2D eigenvalue weighted by Crippen LogP contribution is 2.15. The molecule has 0 radical (unpaired) electrons. The second kappa shape index (κ2) is 6.60. The van der Waals surface area contributed by atoms with Crippen LogP contribution in [-0.2, 0) is 6.42 Å². The van der Waals surface area contributed by atoms with Gasteiger partial charge in [-0.2, -0.15) is 0 Å². The molecule has 6 nitrogen and oxygen atoms in total. The van der Waals surface area contributed by atoms with Crippen LogP contribution >= 0.6 is 0 Å². The monoisotopic (exact) mass is 336 g/mol. The molecule has 3 aromatic rings. The number of aromatic carboxylic acids is 1. The first-order valence-electron chi connectivity index (χ1n) is 7.79. The van der Waals surface area contributed by atoms with Crippen LogP contribution < -0.4 is 10.7 Å². The normalized spacial score (nSPS) is 10.6. The lowest BCUT2D eigenvalue weighted by atomic mass is 10.1. The third-order valence-electron chi connectivity index (χ3n) is 3.97. The summed E-state index contributed by atoms with van der Waals surface area (Å²) in [5, 5.41) is 12.1. The standard InChI is InChI=1S/C19H16N2O4/c1-2-12-7-9-13(10-8-12)20-19(25)21-11-15(18(23)24)17(22)14-5-3-4-6-16(14)21/h3-11H,2H2,1H3,(H,20,25)(H,23,24). The Balaban J connectivity index is 2.07. The number of para-hydroxylation sites is 1. The van der Waals surface area contributed by atoms with E-state index in [0.29, 0.717) is 11.2 Å². The number of carboxylic acids is 1. The molecule has 2 aromatic carbocycles. The van der Waals surface area contributed by atoms with Crippen LogP contribution in [0.1, 0.15) is 22.8 Å². The average molecular weight is 336 g/mol. The molecule has 1 heterocycles. The van der Waals surface area contributed by atoms with Gasteiger partial charge in [-0.15, -0.1) is 0 Å². The molecule has 0 aliphatic rings. The first kappa shape index (κ1) is 16.4. The summed E-state index contributed by atoms with van der Waals surface area (Å²) in [4.78, 5) is 36.2. The summed E-state index contributed by atoms with van der Waals surface area (Å²) < 4.78 is 1.15. The zero-order chi connectivity index (χ0) is 18.0. The first-order valence-corrected chi connectivity index (χ1v) is 7.79. The molecule has 2 N–H and O–H groups in total. The molecule has 1 aromatic heterocycles. The number of rotatable bonds is 3. The SMILES string of the molecule is CCc1ccc(NC(=O)n2cc(C(=O)O)c(=O)c3ccccc32)cc1. The minimum Gasteiger partial charge on any atom is -0.477 e. The Hall–Kier alpha value is -3.41. The fourth-order valence-corrected chi connectivity index (χ4v) is 2.61. The number of hydrogen-bond acceptors (Lipinski definition) is 3. The maximum absolute atomic E-state index is 12.6. The highest BCUT2D eigenvalue weighted by Gasteiger charge is 2.17. The van der Waals surface area contributed by atoms with Crippen molar-refractivity contribution in [2.45, 2.75) is 13.3 Å². The molecule has 0 atom stereocenters. The van der Waals surface area contributed by atoms with E-state index in [1.165, 1.54) is 6.07 Å². The summed E-state index contributed by atoms with van der Waals surface area (Å²) in [6, 6.07) is 13.2. The predicted octanol–water partition coefficient (Wildman–Crippen LogP) is 3.34. The minimum absolute atomic E-state index is 0.180. The number of aryl methyl sites for hydroxylation is 1. The van der Waals surface area contributed by atoms with E-state index >= 15 is 0 Å². The smallest absolute Gasteiger partial charge is 0.341 e. The second-order valence-corrected chi connectivity index (χ2v) is 5.54. The third-order valence-corrected chi connectivity index (χ3v) is 3.97. The van der Waals surface area contributed by atoms with Gasteiger partial charge in [0.05, 0.1) is 5.52 Å². The van der Waals surface area contributed by atoms with Crippen molar-refractivity contribution in [1.82, 2.24) is 4.57 Å². The average Bonchev–Trinajstić information content (AvgIpc) is 2.62. The summed E-state index contributed by atoms with van der Waals surface area (Å²) in [6.07, 6.45) is 1.95. The number of aromatic nitrogens is 1. The molecular weight excluding hydrogens is 320 g/mol. The minimum atomic E-state index is -1.37. The molecule has 0 saturated carbocycles. The van der Waals surface area contributed by atoms with Crippen LogP contribution in [0, 0.1) is 0 Å². The molecule has 0 aliphatic carbocycles. The van der Waals surface area contributed by atoms with E-state index in [1.54, 1.807) is 30.3 Å². The van der Waals surface area contributed by atoms with Crippen LogP contribution in [0.15, 0.2) is 59.5 Å². The summed E-state index contributed by atoms with van der Waals surface area (Å²) in [7, 11) is 0. The van der Waals surface area contributed by atoms with Gasteiger partial charge in [0.15, 0.2) is 0 Å². The number of anilines is 1. The molecule has 0 fully saturated rings. The van der Waals surface area contributed by atoms with Crippen LogP contribution in [0.2, 0.25) is 0 Å². The molecular formula is C19H16N2O4. The maximum Gasteiger partial charge on any atom is 0.341 e. The quantitative estimate of drug-likeness (QED) is 0.768. The maximum atomic E-state index is 12.6. The van der Waals surface area contributed by atoms with Crippen LogP contribution in [0.3, 0.4) is 0 Å². The number of carboxylic acid groups (broad SMARTS) is 1. The number of hydrogen-bond donors (Lipinski definition) is 2. The summed E-state index contributed by atoms with van der Waals surface area (Å²) in [6.45, 7) is 2.04. The lowest BCUT2D eigenvalue weighted by Crippen LogP contribution is -2.25. The summed E-state index contributed by atoms with van der Waals surface area (Å²) in [5.74, 6) is -1.37. The van der Waals surface area contributed by atoms with E-state index < -0.39 is 23.0 Å². The molecule has 0 bridgehead atoms. The molecule has 1 amide bonds. The van der Waals surface area contributed by atoms with Crippen LogP contribution in [0.5, 0.6) is 0 Å². The van der Waals surface area contributed by atoms with Crippen molar-refractivity contribution in [3.8, 4) is 0 Å². The fourth-order valence-electron chi connectivity index (χ4n) is 2.61. The van der Waals surface area contributed by atoms with E-state index in [0.717, 1.165) is 22.7 Å². The van der Waals surface area contributed by atoms with E-state index in [9.17, 15) is 19.5 Å². The van der Waals surface area contributed by atoms with Crippen LogP contribution in [0.25, 0.3) is 10.9 Å². The van der Waals surface area contributed by atoms with Crippen LogP contribution in [0.4, 0.5) is 10.5 Å². The molecule has 126 valence electrons. The number of carbonyl (C=O) groups excluding carboxylic acids is 1. The molecule has 0 saturated heterocycles. The third kappa shape index (κ3) is 3.14. The van der Waals surface area contributed by atoms with Crippen molar-refractivity contribution in [2.75, 3.05) is 5.32 Å². The number of carbonyl (C=O) groups is 2. The number of nitrogens with zero attached hydrogens (tertiary/aromatic N) is 1. The van der Waals surface area contributed by atoms with Gasteiger partial charge in [-0.1, -0.05) is 31.2 Å². The lowest BCUT2D eigenvalue weighted by molar-refractivity contribution is 0.0695. The van der Waals surface area contributed by atoms with Gasteiger partial charge in [0.25, 0.3) is 0 Å². The van der Waals surface area contributed by atoms with Crippen molar-refractivity contribution >= 4 is 28.6 Å². The molecule has 3 rings (SSSR count). The number of benzene rings is 2. The van der Waals surface area contributed by atoms with Gasteiger partial charge in [-0.25, -0.2) is 9.59 Å². The topological polar surface area (TPSA) is 88.4 Å². The first-order chi connectivity index (χ1) is 12.0. The van der Waals surface area contributed by atoms with Crippen molar-refractivity contribution in [3.63, 3.8) is 0 Å². The van der Waals surface area contributed by atoms with Gasteiger partial charge in [-0.3, -0.25) is 9.36 Å². The van der Waals surface area contributed by atoms with Crippen molar-refractivity contribution < 1.29 is 14.7 Å². The second-order valence-electron chi connectivity index (χ2n) is 5.54. The van der Waals surface area contributed by atoms with E-state index in [2.05, 4.69) is 5.32 Å². The van der Waals surface area contributed by atoms with E-state index in [4.69, 9.17) is 0 Å².